The van der Waals surface area contributed by atoms with Gasteiger partial charge in [0.2, 0.25) is 5.88 Å². The Labute approximate surface area is 677 Å². The summed E-state index contributed by atoms with van der Waals surface area (Å²) in [5.41, 5.74) is -7.59. The molecule has 0 aromatic carbocycles. The van der Waals surface area contributed by atoms with Crippen molar-refractivity contribution in [3.63, 3.8) is 0 Å². The van der Waals surface area contributed by atoms with Gasteiger partial charge in [0.25, 0.3) is 25.2 Å². The highest BCUT2D eigenvalue weighted by Gasteiger charge is 2.93. The predicted molar refractivity (Wildman–Crippen MR) is 391 cm³/mol. The smallest absolute Gasteiger partial charge is 0.471 e. The second-order valence-electron chi connectivity index (χ2n) is 28.0. The van der Waals surface area contributed by atoms with E-state index in [2.05, 4.69) is 51.0 Å². The largest absolute Gasteiger partial charge is 0.475 e. The molecule has 0 saturated carbocycles. The minimum atomic E-state index is -8.58. The van der Waals surface area contributed by atoms with Gasteiger partial charge in [0.05, 0.1) is 64.6 Å². The second kappa shape index (κ2) is 39.3. The van der Waals surface area contributed by atoms with Gasteiger partial charge in [-0.3, -0.25) is 88.3 Å². The summed E-state index contributed by atoms with van der Waals surface area (Å²) in [5, 5.41) is 0. The first-order valence-electron chi connectivity index (χ1n) is 36.3. The van der Waals surface area contributed by atoms with Crippen LogP contribution in [0, 0.1) is 27.7 Å². The monoisotopic (exact) mass is 1840 g/mol. The molecule has 54 heteroatoms. The van der Waals surface area contributed by atoms with Crippen LogP contribution in [0.25, 0.3) is 0 Å². The predicted octanol–water partition coefficient (Wildman–Crippen LogP) is 11.5. The van der Waals surface area contributed by atoms with Gasteiger partial charge < -0.3 is 32.7 Å². The number of rotatable bonds is 45. The Balaban J connectivity index is 1.06. The van der Waals surface area contributed by atoms with E-state index in [1.165, 1.54) is 46.0 Å². The third kappa shape index (κ3) is 22.1. The van der Waals surface area contributed by atoms with E-state index < -0.39 is 264 Å². The van der Waals surface area contributed by atoms with Crippen molar-refractivity contribution >= 4 is 32.0 Å². The van der Waals surface area contributed by atoms with E-state index in [1.54, 1.807) is 0 Å². The van der Waals surface area contributed by atoms with Crippen molar-refractivity contribution in [1.29, 1.82) is 0 Å². The number of H-pyrrole nitrogens is 3. The third-order valence-corrected chi connectivity index (χ3v) is 25.0. The van der Waals surface area contributed by atoms with E-state index in [-0.39, 0.29) is 48.2 Å². The molecule has 8 rings (SSSR count). The first kappa shape index (κ1) is 99.5. The topological polar surface area (TPSA) is 402 Å². The fourth-order valence-electron chi connectivity index (χ4n) is 12.4. The van der Waals surface area contributed by atoms with Crippen LogP contribution in [-0.4, -0.2) is 198 Å². The van der Waals surface area contributed by atoms with Gasteiger partial charge >= 0.3 is 87.9 Å². The number of nitrogens with one attached hydrogen (secondary N) is 3. The van der Waals surface area contributed by atoms with Crippen LogP contribution in [0.2, 0.25) is 0 Å². The fraction of sp³-hybridized carbons (Fsp3) is 0.642. The van der Waals surface area contributed by atoms with Gasteiger partial charge in [0.15, 0.2) is 6.61 Å². The summed E-state index contributed by atoms with van der Waals surface area (Å²) in [6, 6.07) is -0.359. The molecule has 16 unspecified atom stereocenters. The zero-order valence-corrected chi connectivity index (χ0v) is 69.1. The Bertz CT molecular complexity index is 4950. The number of aromatic nitrogens is 8. The quantitative estimate of drug-likeness (QED) is 0.0210. The van der Waals surface area contributed by atoms with Crippen LogP contribution in [0.1, 0.15) is 114 Å². The van der Waals surface area contributed by atoms with E-state index in [0.717, 1.165) is 45.2 Å². The zero-order valence-electron chi connectivity index (χ0n) is 65.5. The van der Waals surface area contributed by atoms with Crippen LogP contribution in [-0.2, 0) is 82.4 Å². The Morgan fingerprint density at radius 3 is 1.16 bits per heavy atom. The Morgan fingerprint density at radius 1 is 0.479 bits per heavy atom. The van der Waals surface area contributed by atoms with E-state index in [1.807, 2.05) is 32.4 Å². The van der Waals surface area contributed by atoms with Crippen LogP contribution in [0.5, 0.6) is 5.88 Å². The van der Waals surface area contributed by atoms with Crippen molar-refractivity contribution in [2.45, 2.75) is 222 Å². The number of nitrogens with zero attached hydrogens (tertiary/aromatic N) is 6. The zero-order chi connectivity index (χ0) is 90.5. The van der Waals surface area contributed by atoms with Gasteiger partial charge in [0, 0.05) is 84.8 Å². The van der Waals surface area contributed by atoms with Crippen LogP contribution >= 0.6 is 32.0 Å². The van der Waals surface area contributed by atoms with Crippen LogP contribution < -0.4 is 44.2 Å². The van der Waals surface area contributed by atoms with Crippen LogP contribution in [0.4, 0.5) is 65.9 Å². The molecule has 0 amide bonds. The molecule has 4 aromatic rings. The molecule has 4 aromatic heterocycles. The van der Waals surface area contributed by atoms with Gasteiger partial charge in [-0.25, -0.2) is 37.5 Å². The highest BCUT2D eigenvalue weighted by Crippen LogP contribution is 2.64. The van der Waals surface area contributed by atoms with Crippen molar-refractivity contribution in [3.8, 4) is 5.88 Å². The number of aromatic amines is 3. The summed E-state index contributed by atoms with van der Waals surface area (Å²) in [7, 11) is -17.5. The first-order valence-corrected chi connectivity index (χ1v) is 41.8. The maximum Gasteiger partial charge on any atom is 0.475 e. The molecule has 0 radical (unpaired) electrons. The minimum Gasteiger partial charge on any atom is -0.471 e. The Kier molecular flexibility index (Phi) is 32.4. The maximum absolute atomic E-state index is 15.4. The number of hydrogen-bond acceptors (Lipinski definition) is 28. The van der Waals surface area contributed by atoms with Gasteiger partial charge in [-0.15, -0.1) is 26.3 Å². The molecule has 4 aliphatic heterocycles. The lowest BCUT2D eigenvalue weighted by Gasteiger charge is -2.41. The SMILES string of the molecule is C=CCOP(OC1CC(n2cc(C)c(=O)[nH]c2=O)OC1COP(=O)(OCC=C)OC1CC(n2cc(C)c(=O)[nH]c2=O)OC1COP(=O)(OCC=C)OC1CC(n2cc(C)c(=O)[nH]c2=O)OC1COP(=O)(OCC=C)OC1CC(n2cc(C)c(OCC(F)(F)C(F)(F)C(F)(F)C(F)(F)C(F)(F)C(F)(F)C(F)(F)F)nc2=O)OC1CC)N(C(C)C)C(C)C. The highest BCUT2D eigenvalue weighted by molar-refractivity contribution is 7.49. The molecule has 4 saturated heterocycles. The molecular weight excluding hydrogens is 1760 g/mol. The van der Waals surface area contributed by atoms with E-state index in [4.69, 9.17) is 68.7 Å². The Morgan fingerprint density at radius 2 is 0.802 bits per heavy atom. The molecule has 680 valence electrons. The highest BCUT2D eigenvalue weighted by atomic mass is 31.2. The lowest BCUT2D eigenvalue weighted by molar-refractivity contribution is -0.453. The average molecular weight is 1840 g/mol. The third-order valence-electron chi connectivity index (χ3n) is 18.5. The Hall–Kier alpha value is -6.89. The summed E-state index contributed by atoms with van der Waals surface area (Å²) in [6.45, 7) is 20.5. The standard InChI is InChI=1S/C67H86F15N9O26P4/c1-14-19-103-118(91(35(6)7)36(8)9)114-42-23-49(87-27-37(10)53(92)83-57(87)95)111-46(42)31-107-120(100,105-21-16-3)116-44-25-51(88-28-38(11)54(93)84-58(88)96)113-48(44)33-109-121(101,106-22-17-4)117-45-26-52(89-29-39(12)55(94)85-59(89)97)112-47(45)32-108-119(99,104-20-15-2)115-43-24-50(110-41(43)18-5)90-30-40(13)56(86-60(90)98)102-34-61(68,69)62(70,71)63(72,73)64(74,75)65(76,77)66(78,79)67(80,81)82/h14-17,27-30,35-36,41-52H,1-4,18-26,31-34H2,5-13H3,(H,83,92,95)(H,84,93,96)(H,85,94,97). The van der Waals surface area contributed by atoms with Crippen molar-refractivity contribution in [3.05, 3.63) is 171 Å². The molecule has 4 aliphatic rings. The molecule has 0 spiro atoms. The summed E-state index contributed by atoms with van der Waals surface area (Å²) >= 11 is 0. The lowest BCUT2D eigenvalue weighted by atomic mass is 9.91. The first-order chi connectivity index (χ1) is 56.1. The number of halogens is 15. The fourth-order valence-corrected chi connectivity index (χ4v) is 18.2. The van der Waals surface area contributed by atoms with Gasteiger partial charge in [-0.05, 0) is 61.8 Å². The number of aryl methyl sites for hydroxylation is 4. The van der Waals surface area contributed by atoms with Crippen molar-refractivity contribution < 1.29 is 153 Å². The summed E-state index contributed by atoms with van der Waals surface area (Å²) in [4.78, 5) is 101. The molecule has 0 aliphatic carbocycles. The molecule has 35 nitrogen and oxygen atoms in total. The molecule has 4 fully saturated rings. The minimum absolute atomic E-state index is 0.00799. The summed E-state index contributed by atoms with van der Waals surface area (Å²) in [5.74, 6) is -50.1. The summed E-state index contributed by atoms with van der Waals surface area (Å²) in [6.07, 6.45) is -18.7. The molecule has 0 bridgehead atoms. The number of ether oxygens (including phenoxy) is 5. The molecule has 16 atom stereocenters. The van der Waals surface area contributed by atoms with Crippen molar-refractivity contribution in [2.24, 2.45) is 0 Å². The van der Waals surface area contributed by atoms with E-state index >= 15 is 9.13 Å². The number of phosphoric acid groups is 3. The lowest BCUT2D eigenvalue weighted by Crippen LogP contribution is -2.73. The van der Waals surface area contributed by atoms with Gasteiger partial charge in [-0.1, -0.05) is 31.2 Å². The molecule has 8 heterocycles. The van der Waals surface area contributed by atoms with E-state index in [0.29, 0.717) is 10.8 Å². The van der Waals surface area contributed by atoms with Gasteiger partial charge in [0.1, 0.15) is 55.4 Å². The van der Waals surface area contributed by atoms with Gasteiger partial charge in [-0.2, -0.15) is 70.8 Å². The average Bonchev–Trinajstić information content (AvgIpc) is 1.66. The number of phosphoric ester groups is 3. The number of hydrogen-bond donors (Lipinski definition) is 3. The normalized spacial score (nSPS) is 24.6. The maximum atomic E-state index is 15.4. The van der Waals surface area contributed by atoms with Crippen LogP contribution in [0.15, 0.2) is 109 Å². The van der Waals surface area contributed by atoms with Crippen molar-refractivity contribution in [2.75, 3.05) is 52.9 Å². The molecular formula is C67H86F15N9O26P4. The molecule has 121 heavy (non-hydrogen) atoms. The number of alkyl halides is 15. The summed E-state index contributed by atoms with van der Waals surface area (Å²) < 4.78 is 355. The molecule has 3 N–H and O–H groups in total. The van der Waals surface area contributed by atoms with Crippen LogP contribution in [0.3, 0.4) is 0 Å². The van der Waals surface area contributed by atoms with Crippen molar-refractivity contribution in [1.82, 2.24) is 42.9 Å². The second-order valence-corrected chi connectivity index (χ2v) is 34.3. The van der Waals surface area contributed by atoms with E-state index in [9.17, 15) is 104 Å².